The molecule has 1 aliphatic heterocycles. The molecule has 5 rings (SSSR count). The lowest BCUT2D eigenvalue weighted by Crippen LogP contribution is -2.48. The van der Waals surface area contributed by atoms with Crippen molar-refractivity contribution in [2.75, 3.05) is 49.3 Å². The van der Waals surface area contributed by atoms with Crippen molar-refractivity contribution >= 4 is 35.0 Å². The minimum absolute atomic E-state index is 0.0176. The Kier molecular flexibility index (Phi) is 8.07. The van der Waals surface area contributed by atoms with Gasteiger partial charge in [-0.15, -0.1) is 5.10 Å². The minimum Gasteiger partial charge on any atom is -0.496 e. The molecule has 1 fully saturated rings. The minimum atomic E-state index is -0.143. The summed E-state index contributed by atoms with van der Waals surface area (Å²) < 4.78 is 6.99. The Balaban J connectivity index is 1.12. The molecule has 1 saturated heterocycles. The van der Waals surface area contributed by atoms with Gasteiger partial charge < -0.3 is 19.9 Å². The van der Waals surface area contributed by atoms with E-state index in [-0.39, 0.29) is 17.6 Å². The molecule has 0 bridgehead atoms. The lowest BCUT2D eigenvalue weighted by molar-refractivity contribution is -0.113. The zero-order valence-electron chi connectivity index (χ0n) is 21.8. The monoisotopic (exact) mass is 543 g/mol. The third kappa shape index (κ3) is 6.04. The van der Waals surface area contributed by atoms with E-state index < -0.39 is 0 Å². The maximum atomic E-state index is 13.0. The average molecular weight is 544 g/mol. The van der Waals surface area contributed by atoms with Gasteiger partial charge in [0.05, 0.1) is 24.1 Å². The summed E-state index contributed by atoms with van der Waals surface area (Å²) in [6, 6.07) is 22.9. The number of tetrazole rings is 1. The molecule has 0 unspecified atom stereocenters. The average Bonchev–Trinajstić information content (AvgIpc) is 3.45. The molecule has 1 aliphatic rings. The molecule has 10 nitrogen and oxygen atoms in total. The van der Waals surface area contributed by atoms with Crippen LogP contribution in [0.3, 0.4) is 0 Å². The van der Waals surface area contributed by atoms with Gasteiger partial charge in [-0.05, 0) is 65.4 Å². The fourth-order valence-electron chi connectivity index (χ4n) is 4.46. The summed E-state index contributed by atoms with van der Waals surface area (Å²) in [5.74, 6) is 0.605. The molecular formula is C28H29N7O3S. The van der Waals surface area contributed by atoms with Crippen LogP contribution in [0.2, 0.25) is 0 Å². The number of benzene rings is 3. The van der Waals surface area contributed by atoms with Crippen LogP contribution in [-0.4, -0.2) is 76.0 Å². The number of amides is 2. The topological polar surface area (TPSA) is 105 Å². The molecule has 2 heterocycles. The Labute approximate surface area is 230 Å². The first kappa shape index (κ1) is 26.2. The highest BCUT2D eigenvalue weighted by atomic mass is 32.2. The normalized spacial score (nSPS) is 13.3. The molecular weight excluding hydrogens is 514 g/mol. The van der Waals surface area contributed by atoms with E-state index in [4.69, 9.17) is 4.74 Å². The molecule has 0 aliphatic carbocycles. The van der Waals surface area contributed by atoms with Gasteiger partial charge in [0.2, 0.25) is 11.1 Å². The smallest absolute Gasteiger partial charge is 0.257 e. The molecule has 11 heteroatoms. The van der Waals surface area contributed by atoms with E-state index in [1.165, 1.54) is 11.8 Å². The highest BCUT2D eigenvalue weighted by molar-refractivity contribution is 7.99. The second-order valence-corrected chi connectivity index (χ2v) is 9.97. The molecule has 0 spiro atoms. The number of aromatic nitrogens is 4. The Morgan fingerprint density at radius 2 is 1.67 bits per heavy atom. The lowest BCUT2D eigenvalue weighted by Gasteiger charge is -2.36. The first-order valence-corrected chi connectivity index (χ1v) is 13.6. The van der Waals surface area contributed by atoms with E-state index >= 15 is 0 Å². The van der Waals surface area contributed by atoms with Crippen molar-refractivity contribution in [3.63, 3.8) is 0 Å². The van der Waals surface area contributed by atoms with Gasteiger partial charge in [0.25, 0.3) is 5.91 Å². The first-order chi connectivity index (χ1) is 19.0. The number of nitrogens with zero attached hydrogens (tertiary/aromatic N) is 6. The molecule has 1 N–H and O–H groups in total. The van der Waals surface area contributed by atoms with E-state index in [0.29, 0.717) is 35.2 Å². The molecule has 200 valence electrons. The second kappa shape index (κ2) is 12.0. The summed E-state index contributed by atoms with van der Waals surface area (Å²) >= 11 is 1.28. The van der Waals surface area contributed by atoms with E-state index in [1.54, 1.807) is 23.9 Å². The zero-order valence-corrected chi connectivity index (χ0v) is 22.6. The predicted octanol–water partition coefficient (Wildman–Crippen LogP) is 3.67. The highest BCUT2D eigenvalue weighted by Crippen LogP contribution is 2.24. The second-order valence-electron chi connectivity index (χ2n) is 9.02. The maximum Gasteiger partial charge on any atom is 0.257 e. The molecule has 3 aromatic carbocycles. The first-order valence-electron chi connectivity index (χ1n) is 12.6. The standard InChI is InChI=1S/C28H29N7O3S/c1-20-7-3-5-9-24(20)35-28(30-31-32-35)39-19-26(36)29-21-11-13-22(14-12-21)33-15-17-34(18-16-33)27(37)23-8-4-6-10-25(23)38-2/h3-14H,15-19H2,1-2H3,(H,29,36). The maximum absolute atomic E-state index is 13.0. The number of methoxy groups -OCH3 is 1. The number of ether oxygens (including phenoxy) is 1. The zero-order chi connectivity index (χ0) is 27.2. The van der Waals surface area contributed by atoms with Crippen molar-refractivity contribution in [2.45, 2.75) is 12.1 Å². The van der Waals surface area contributed by atoms with Crippen LogP contribution >= 0.6 is 11.8 Å². The highest BCUT2D eigenvalue weighted by Gasteiger charge is 2.24. The predicted molar refractivity (Wildman–Crippen MR) is 151 cm³/mol. The number of piperazine rings is 1. The van der Waals surface area contributed by atoms with Crippen LogP contribution in [0.15, 0.2) is 78.0 Å². The van der Waals surface area contributed by atoms with Crippen LogP contribution in [0.4, 0.5) is 11.4 Å². The number of aryl methyl sites for hydroxylation is 1. The number of carbonyl (C=O) groups excluding carboxylic acids is 2. The van der Waals surface area contributed by atoms with Crippen molar-refractivity contribution in [3.8, 4) is 11.4 Å². The van der Waals surface area contributed by atoms with Gasteiger partial charge >= 0.3 is 0 Å². The van der Waals surface area contributed by atoms with Crippen LogP contribution < -0.4 is 15.0 Å². The Hall–Kier alpha value is -4.38. The molecule has 0 atom stereocenters. The number of carbonyl (C=O) groups is 2. The van der Waals surface area contributed by atoms with Gasteiger partial charge in [-0.25, -0.2) is 0 Å². The van der Waals surface area contributed by atoms with Crippen LogP contribution in [0, 0.1) is 6.92 Å². The van der Waals surface area contributed by atoms with E-state index in [2.05, 4.69) is 25.7 Å². The molecule has 1 aromatic heterocycles. The quantitative estimate of drug-likeness (QED) is 0.336. The van der Waals surface area contributed by atoms with E-state index in [1.807, 2.05) is 72.5 Å². The van der Waals surface area contributed by atoms with Gasteiger partial charge in [-0.1, -0.05) is 42.1 Å². The van der Waals surface area contributed by atoms with Crippen molar-refractivity contribution in [1.82, 2.24) is 25.1 Å². The summed E-state index contributed by atoms with van der Waals surface area (Å²) in [4.78, 5) is 29.7. The lowest BCUT2D eigenvalue weighted by atomic mass is 10.1. The van der Waals surface area contributed by atoms with Crippen molar-refractivity contribution in [3.05, 3.63) is 83.9 Å². The fraction of sp³-hybridized carbons (Fsp3) is 0.250. The van der Waals surface area contributed by atoms with E-state index in [9.17, 15) is 9.59 Å². The summed E-state index contributed by atoms with van der Waals surface area (Å²) in [5, 5.41) is 15.4. The Morgan fingerprint density at radius 3 is 2.41 bits per heavy atom. The number of hydrogen-bond acceptors (Lipinski definition) is 8. The largest absolute Gasteiger partial charge is 0.496 e. The number of anilines is 2. The molecule has 4 aromatic rings. The Morgan fingerprint density at radius 1 is 0.949 bits per heavy atom. The molecule has 0 saturated carbocycles. The number of hydrogen-bond donors (Lipinski definition) is 1. The summed E-state index contributed by atoms with van der Waals surface area (Å²) in [6.07, 6.45) is 0. The van der Waals surface area contributed by atoms with Crippen LogP contribution in [0.1, 0.15) is 15.9 Å². The van der Waals surface area contributed by atoms with Crippen molar-refractivity contribution in [1.29, 1.82) is 0 Å². The van der Waals surface area contributed by atoms with Gasteiger partial charge in [0.1, 0.15) is 5.75 Å². The van der Waals surface area contributed by atoms with E-state index in [0.717, 1.165) is 30.0 Å². The van der Waals surface area contributed by atoms with Crippen LogP contribution in [0.25, 0.3) is 5.69 Å². The van der Waals surface area contributed by atoms with Crippen molar-refractivity contribution in [2.24, 2.45) is 0 Å². The molecule has 0 radical (unpaired) electrons. The number of nitrogens with one attached hydrogen (secondary N) is 1. The van der Waals surface area contributed by atoms with Crippen molar-refractivity contribution < 1.29 is 14.3 Å². The fourth-order valence-corrected chi connectivity index (χ4v) is 5.15. The number of thioether (sulfide) groups is 1. The third-order valence-corrected chi connectivity index (χ3v) is 7.46. The summed E-state index contributed by atoms with van der Waals surface area (Å²) in [5.41, 5.74) is 4.27. The van der Waals surface area contributed by atoms with Gasteiger partial charge in [-0.3, -0.25) is 9.59 Å². The SMILES string of the molecule is COc1ccccc1C(=O)N1CCN(c2ccc(NC(=O)CSc3nnnn3-c3ccccc3C)cc2)CC1. The molecule has 39 heavy (non-hydrogen) atoms. The van der Waals surface area contributed by atoms with Gasteiger partial charge in [0, 0.05) is 37.6 Å². The third-order valence-electron chi connectivity index (χ3n) is 6.54. The van der Waals surface area contributed by atoms with Crippen LogP contribution in [-0.2, 0) is 4.79 Å². The Bertz CT molecular complexity index is 1450. The molecule has 2 amide bonds. The number of rotatable bonds is 8. The van der Waals surface area contributed by atoms with Crippen LogP contribution in [0.5, 0.6) is 5.75 Å². The number of para-hydroxylation sites is 2. The van der Waals surface area contributed by atoms with Gasteiger partial charge in [-0.2, -0.15) is 4.68 Å². The summed E-state index contributed by atoms with van der Waals surface area (Å²) in [7, 11) is 1.58. The van der Waals surface area contributed by atoms with Gasteiger partial charge in [0.15, 0.2) is 0 Å². The summed E-state index contributed by atoms with van der Waals surface area (Å²) in [6.45, 7) is 4.67.